The van der Waals surface area contributed by atoms with Gasteiger partial charge < -0.3 is 15.0 Å². The van der Waals surface area contributed by atoms with Gasteiger partial charge in [-0.2, -0.15) is 4.31 Å². The lowest BCUT2D eigenvalue weighted by Gasteiger charge is -2.26. The second-order valence-corrected chi connectivity index (χ2v) is 9.26. The van der Waals surface area contributed by atoms with Gasteiger partial charge in [0.05, 0.1) is 18.1 Å². The number of para-hydroxylation sites is 1. The molecule has 8 heteroatoms. The van der Waals surface area contributed by atoms with E-state index in [4.69, 9.17) is 4.74 Å². The molecule has 1 aliphatic rings. The number of hydrogen-bond donors (Lipinski definition) is 2. The molecule has 0 radical (unpaired) electrons. The molecule has 1 aromatic heterocycles. The van der Waals surface area contributed by atoms with Crippen LogP contribution < -0.4 is 5.32 Å². The number of H-pyrrole nitrogens is 1. The summed E-state index contributed by atoms with van der Waals surface area (Å²) >= 11 is 0. The largest absolute Gasteiger partial charge is 0.379 e. The molecule has 0 spiro atoms. The molecule has 3 aromatic rings. The fraction of sp³-hybridized carbons (Fsp3) is 0.261. The van der Waals surface area contributed by atoms with Gasteiger partial charge in [0.2, 0.25) is 15.9 Å². The van der Waals surface area contributed by atoms with Crippen molar-refractivity contribution >= 4 is 32.9 Å². The molecule has 4 rings (SSSR count). The Morgan fingerprint density at radius 3 is 2.61 bits per heavy atom. The van der Waals surface area contributed by atoms with Gasteiger partial charge in [0, 0.05) is 42.8 Å². The Bertz CT molecular complexity index is 1180. The Hall–Kier alpha value is -2.94. The highest BCUT2D eigenvalue weighted by Gasteiger charge is 2.25. The summed E-state index contributed by atoms with van der Waals surface area (Å²) in [5, 5.41) is 4.05. The highest BCUT2D eigenvalue weighted by molar-refractivity contribution is 7.89. The Kier molecular flexibility index (Phi) is 6.50. The molecule has 31 heavy (non-hydrogen) atoms. The van der Waals surface area contributed by atoms with E-state index < -0.39 is 10.0 Å². The van der Waals surface area contributed by atoms with E-state index in [2.05, 4.69) is 16.4 Å². The number of sulfonamides is 1. The minimum absolute atomic E-state index is 0.190. The Morgan fingerprint density at radius 1 is 1.10 bits per heavy atom. The Labute approximate surface area is 181 Å². The molecule has 2 heterocycles. The van der Waals surface area contributed by atoms with Crippen molar-refractivity contribution in [3.05, 3.63) is 71.9 Å². The number of hydrogen-bond acceptors (Lipinski definition) is 4. The zero-order valence-electron chi connectivity index (χ0n) is 17.1. The average molecular weight is 440 g/mol. The lowest BCUT2D eigenvalue weighted by Crippen LogP contribution is -2.40. The number of carbonyl (C=O) groups is 1. The fourth-order valence-corrected chi connectivity index (χ4v) is 4.98. The van der Waals surface area contributed by atoms with Crippen molar-refractivity contribution in [1.82, 2.24) is 14.6 Å². The van der Waals surface area contributed by atoms with E-state index >= 15 is 0 Å². The van der Waals surface area contributed by atoms with Gasteiger partial charge in [0.15, 0.2) is 0 Å². The van der Waals surface area contributed by atoms with E-state index in [0.717, 1.165) is 23.1 Å². The summed E-state index contributed by atoms with van der Waals surface area (Å²) < 4.78 is 31.9. The minimum Gasteiger partial charge on any atom is -0.379 e. The molecule has 0 atom stereocenters. The maximum absolute atomic E-state index is 12.6. The molecule has 1 aliphatic heterocycles. The molecular formula is C23H25N3O4S. The predicted octanol–water partition coefficient (Wildman–Crippen LogP) is 2.56. The van der Waals surface area contributed by atoms with E-state index in [1.807, 2.05) is 24.4 Å². The van der Waals surface area contributed by atoms with Gasteiger partial charge in [-0.05, 0) is 41.8 Å². The second-order valence-electron chi connectivity index (χ2n) is 7.32. The number of fused-ring (bicyclic) bond motifs is 1. The Balaban J connectivity index is 1.30. The second kappa shape index (κ2) is 9.47. The van der Waals surface area contributed by atoms with Crippen molar-refractivity contribution in [2.45, 2.75) is 11.3 Å². The SMILES string of the molecule is O=C(/C=C/c1ccc(S(=O)(=O)N2CCOCC2)cc1)NCCc1c[nH]c2ccccc12. The molecule has 1 amide bonds. The summed E-state index contributed by atoms with van der Waals surface area (Å²) in [6, 6.07) is 14.6. The van der Waals surface area contributed by atoms with Crippen LogP contribution in [0.1, 0.15) is 11.1 Å². The highest BCUT2D eigenvalue weighted by Crippen LogP contribution is 2.19. The summed E-state index contributed by atoms with van der Waals surface area (Å²) in [4.78, 5) is 15.6. The average Bonchev–Trinajstić information content (AvgIpc) is 3.22. The number of morpholine rings is 1. The van der Waals surface area contributed by atoms with Crippen molar-refractivity contribution in [3.63, 3.8) is 0 Å². The maximum atomic E-state index is 12.6. The standard InChI is InChI=1S/C23H25N3O4S/c27-23(24-12-11-19-17-25-22-4-2-1-3-21(19)22)10-7-18-5-8-20(9-6-18)31(28,29)26-13-15-30-16-14-26/h1-10,17,25H,11-16H2,(H,24,27)/b10-7+. The van der Waals surface area contributed by atoms with Gasteiger partial charge in [-0.3, -0.25) is 4.79 Å². The first-order chi connectivity index (χ1) is 15.0. The fourth-order valence-electron chi connectivity index (χ4n) is 3.58. The highest BCUT2D eigenvalue weighted by atomic mass is 32.2. The van der Waals surface area contributed by atoms with Crippen LogP contribution in [0.15, 0.2) is 65.7 Å². The number of amides is 1. The molecule has 0 saturated carbocycles. The summed E-state index contributed by atoms with van der Waals surface area (Å²) in [5.74, 6) is -0.190. The molecule has 0 aliphatic carbocycles. The number of ether oxygens (including phenoxy) is 1. The number of nitrogens with zero attached hydrogens (tertiary/aromatic N) is 1. The molecule has 2 N–H and O–H groups in total. The summed E-state index contributed by atoms with van der Waals surface area (Å²) in [7, 11) is -3.51. The first kappa shape index (κ1) is 21.3. The van der Waals surface area contributed by atoms with E-state index in [0.29, 0.717) is 32.8 Å². The van der Waals surface area contributed by atoms with Gasteiger partial charge in [-0.1, -0.05) is 30.3 Å². The van der Waals surface area contributed by atoms with Crippen LogP contribution in [0, 0.1) is 0 Å². The molecule has 1 fully saturated rings. The van der Waals surface area contributed by atoms with E-state index in [1.165, 1.54) is 15.8 Å². The zero-order valence-corrected chi connectivity index (χ0v) is 17.9. The monoisotopic (exact) mass is 439 g/mol. The van der Waals surface area contributed by atoms with E-state index in [1.54, 1.807) is 30.3 Å². The number of rotatable bonds is 7. The molecule has 1 saturated heterocycles. The van der Waals surface area contributed by atoms with Gasteiger partial charge in [0.1, 0.15) is 0 Å². The van der Waals surface area contributed by atoms with Crippen molar-refractivity contribution in [2.24, 2.45) is 0 Å². The minimum atomic E-state index is -3.51. The first-order valence-electron chi connectivity index (χ1n) is 10.2. The van der Waals surface area contributed by atoms with Gasteiger partial charge in [0.25, 0.3) is 0 Å². The van der Waals surface area contributed by atoms with Crippen molar-refractivity contribution in [1.29, 1.82) is 0 Å². The third kappa shape index (κ3) is 5.04. The number of carbonyl (C=O) groups excluding carboxylic acids is 1. The van der Waals surface area contributed by atoms with Gasteiger partial charge >= 0.3 is 0 Å². The van der Waals surface area contributed by atoms with E-state index in [-0.39, 0.29) is 10.8 Å². The molecule has 7 nitrogen and oxygen atoms in total. The molecule has 162 valence electrons. The van der Waals surface area contributed by atoms with Crippen LogP contribution in [0.5, 0.6) is 0 Å². The summed E-state index contributed by atoms with van der Waals surface area (Å²) in [6.07, 6.45) is 5.84. The van der Waals surface area contributed by atoms with Crippen LogP contribution in [0.2, 0.25) is 0 Å². The first-order valence-corrected chi connectivity index (χ1v) is 11.7. The lowest BCUT2D eigenvalue weighted by atomic mass is 10.1. The van der Waals surface area contributed by atoms with Crippen LogP contribution >= 0.6 is 0 Å². The lowest BCUT2D eigenvalue weighted by molar-refractivity contribution is -0.116. The number of aromatic nitrogens is 1. The van der Waals surface area contributed by atoms with Crippen LogP contribution in [0.3, 0.4) is 0 Å². The summed E-state index contributed by atoms with van der Waals surface area (Å²) in [5.41, 5.74) is 3.01. The number of aromatic amines is 1. The normalized spacial score (nSPS) is 15.5. The third-order valence-electron chi connectivity index (χ3n) is 5.28. The maximum Gasteiger partial charge on any atom is 0.244 e. The van der Waals surface area contributed by atoms with Crippen LogP contribution in [0.25, 0.3) is 17.0 Å². The molecular weight excluding hydrogens is 414 g/mol. The Morgan fingerprint density at radius 2 is 1.84 bits per heavy atom. The van der Waals surface area contributed by atoms with Crippen molar-refractivity contribution in [3.8, 4) is 0 Å². The topological polar surface area (TPSA) is 91.5 Å². The number of benzene rings is 2. The van der Waals surface area contributed by atoms with Crippen LogP contribution in [-0.4, -0.2) is 56.5 Å². The summed E-state index contributed by atoms with van der Waals surface area (Å²) in [6.45, 7) is 2.08. The van der Waals surface area contributed by atoms with Crippen molar-refractivity contribution in [2.75, 3.05) is 32.8 Å². The smallest absolute Gasteiger partial charge is 0.244 e. The third-order valence-corrected chi connectivity index (χ3v) is 7.20. The zero-order chi connectivity index (χ0) is 21.7. The van der Waals surface area contributed by atoms with Gasteiger partial charge in [-0.15, -0.1) is 0 Å². The molecule has 0 bridgehead atoms. The quantitative estimate of drug-likeness (QED) is 0.554. The van der Waals surface area contributed by atoms with E-state index in [9.17, 15) is 13.2 Å². The predicted molar refractivity (Wildman–Crippen MR) is 120 cm³/mol. The molecule has 0 unspecified atom stereocenters. The van der Waals surface area contributed by atoms with Crippen LogP contribution in [0.4, 0.5) is 0 Å². The number of nitrogens with one attached hydrogen (secondary N) is 2. The van der Waals surface area contributed by atoms with Crippen LogP contribution in [-0.2, 0) is 26.0 Å². The van der Waals surface area contributed by atoms with Crippen molar-refractivity contribution < 1.29 is 17.9 Å². The van der Waals surface area contributed by atoms with Gasteiger partial charge in [-0.25, -0.2) is 8.42 Å². The molecule has 2 aromatic carbocycles.